The van der Waals surface area contributed by atoms with Crippen LogP contribution < -0.4 is 10.5 Å². The topological polar surface area (TPSA) is 51.0 Å². The third-order valence-electron chi connectivity index (χ3n) is 1.97. The van der Waals surface area contributed by atoms with E-state index in [1.54, 1.807) is 0 Å². The van der Waals surface area contributed by atoms with Crippen molar-refractivity contribution in [1.29, 1.82) is 0 Å². The molecule has 3 heteroatoms. The van der Waals surface area contributed by atoms with Crippen LogP contribution in [0.15, 0.2) is 24.4 Å². The molecule has 1 aromatic carbocycles. The van der Waals surface area contributed by atoms with Crippen molar-refractivity contribution in [2.24, 2.45) is 0 Å². The molecule has 68 valence electrons. The Morgan fingerprint density at radius 3 is 3.08 bits per heavy atom. The third kappa shape index (κ3) is 1.33. The number of nitrogens with two attached hydrogens (primary N) is 1. The number of hydrogen-bond donors (Lipinski definition) is 2. The highest BCUT2D eigenvalue weighted by molar-refractivity contribution is 5.88. The number of rotatable bonds is 2. The van der Waals surface area contributed by atoms with E-state index in [9.17, 15) is 0 Å². The van der Waals surface area contributed by atoms with Crippen LogP contribution in [0, 0.1) is 0 Å². The van der Waals surface area contributed by atoms with E-state index in [0.29, 0.717) is 6.61 Å². The van der Waals surface area contributed by atoms with Gasteiger partial charge in [0.1, 0.15) is 5.75 Å². The van der Waals surface area contributed by atoms with E-state index in [1.807, 2.05) is 31.3 Å². The molecular formula is C10H12N2O. The highest BCUT2D eigenvalue weighted by Crippen LogP contribution is 2.26. The normalized spacial score (nSPS) is 10.5. The Labute approximate surface area is 76.5 Å². The van der Waals surface area contributed by atoms with Crippen molar-refractivity contribution < 1.29 is 4.74 Å². The van der Waals surface area contributed by atoms with Gasteiger partial charge in [0.15, 0.2) is 0 Å². The van der Waals surface area contributed by atoms with E-state index in [2.05, 4.69) is 4.98 Å². The first-order valence-corrected chi connectivity index (χ1v) is 4.30. The molecule has 1 aromatic heterocycles. The molecule has 0 unspecified atom stereocenters. The SMILES string of the molecule is CCOc1c[nH]c2cc(N)ccc12. The second-order valence-electron chi connectivity index (χ2n) is 2.89. The van der Waals surface area contributed by atoms with Gasteiger partial charge in [0, 0.05) is 17.3 Å². The standard InChI is InChI=1S/C10H12N2O/c1-2-13-10-6-12-9-5-7(11)3-4-8(9)10/h3-6,12H,2,11H2,1H3. The van der Waals surface area contributed by atoms with Crippen molar-refractivity contribution >= 4 is 16.6 Å². The summed E-state index contributed by atoms with van der Waals surface area (Å²) in [5, 5.41) is 1.08. The number of hydrogen-bond acceptors (Lipinski definition) is 2. The number of ether oxygens (including phenoxy) is 1. The Balaban J connectivity index is 2.55. The van der Waals surface area contributed by atoms with Crippen LogP contribution in [0.2, 0.25) is 0 Å². The smallest absolute Gasteiger partial charge is 0.144 e. The fraction of sp³-hybridized carbons (Fsp3) is 0.200. The molecule has 0 bridgehead atoms. The zero-order valence-corrected chi connectivity index (χ0v) is 7.50. The van der Waals surface area contributed by atoms with Gasteiger partial charge in [-0.15, -0.1) is 0 Å². The van der Waals surface area contributed by atoms with Crippen LogP contribution in [-0.4, -0.2) is 11.6 Å². The summed E-state index contributed by atoms with van der Waals surface area (Å²) >= 11 is 0. The Hall–Kier alpha value is -1.64. The fourth-order valence-corrected chi connectivity index (χ4v) is 1.39. The van der Waals surface area contributed by atoms with Crippen molar-refractivity contribution in [3.05, 3.63) is 24.4 Å². The zero-order chi connectivity index (χ0) is 9.26. The molecular weight excluding hydrogens is 164 g/mol. The minimum Gasteiger partial charge on any atom is -0.492 e. The van der Waals surface area contributed by atoms with Crippen molar-refractivity contribution in [3.63, 3.8) is 0 Å². The molecule has 2 aromatic rings. The van der Waals surface area contributed by atoms with Gasteiger partial charge in [0.05, 0.1) is 12.1 Å². The van der Waals surface area contributed by atoms with E-state index in [1.165, 1.54) is 0 Å². The predicted molar refractivity (Wildman–Crippen MR) is 53.9 cm³/mol. The Bertz CT molecular complexity index is 420. The molecule has 0 aliphatic rings. The fourth-order valence-electron chi connectivity index (χ4n) is 1.39. The first-order valence-electron chi connectivity index (χ1n) is 4.30. The molecule has 3 N–H and O–H groups in total. The minimum atomic E-state index is 0.678. The van der Waals surface area contributed by atoms with Crippen molar-refractivity contribution in [3.8, 4) is 5.75 Å². The molecule has 0 aliphatic carbocycles. The first kappa shape index (κ1) is 7.98. The predicted octanol–water partition coefficient (Wildman–Crippen LogP) is 2.15. The number of aromatic amines is 1. The van der Waals surface area contributed by atoms with E-state index in [4.69, 9.17) is 10.5 Å². The van der Waals surface area contributed by atoms with Crippen molar-refractivity contribution in [1.82, 2.24) is 4.98 Å². The summed E-state index contributed by atoms with van der Waals surface area (Å²) in [5.74, 6) is 0.887. The maximum Gasteiger partial charge on any atom is 0.144 e. The number of H-pyrrole nitrogens is 1. The van der Waals surface area contributed by atoms with Gasteiger partial charge in [-0.2, -0.15) is 0 Å². The van der Waals surface area contributed by atoms with Crippen LogP contribution in [0.4, 0.5) is 5.69 Å². The van der Waals surface area contributed by atoms with Crippen molar-refractivity contribution in [2.45, 2.75) is 6.92 Å². The van der Waals surface area contributed by atoms with Gasteiger partial charge in [-0.05, 0) is 25.1 Å². The van der Waals surface area contributed by atoms with Crippen LogP contribution in [0.25, 0.3) is 10.9 Å². The average molecular weight is 176 g/mol. The lowest BCUT2D eigenvalue weighted by Crippen LogP contribution is -1.89. The molecule has 0 fully saturated rings. The Kier molecular flexibility index (Phi) is 1.85. The summed E-state index contributed by atoms with van der Waals surface area (Å²) in [6.07, 6.45) is 1.85. The molecule has 0 spiro atoms. The van der Waals surface area contributed by atoms with E-state index < -0.39 is 0 Å². The largest absolute Gasteiger partial charge is 0.492 e. The number of aromatic nitrogens is 1. The highest BCUT2D eigenvalue weighted by atomic mass is 16.5. The maximum atomic E-state index is 5.65. The lowest BCUT2D eigenvalue weighted by atomic mass is 10.2. The zero-order valence-electron chi connectivity index (χ0n) is 7.50. The summed E-state index contributed by atoms with van der Waals surface area (Å²) < 4.78 is 5.43. The summed E-state index contributed by atoms with van der Waals surface area (Å²) in [7, 11) is 0. The minimum absolute atomic E-state index is 0.678. The second-order valence-corrected chi connectivity index (χ2v) is 2.89. The lowest BCUT2D eigenvalue weighted by Gasteiger charge is -1.99. The van der Waals surface area contributed by atoms with Crippen LogP contribution >= 0.6 is 0 Å². The van der Waals surface area contributed by atoms with E-state index >= 15 is 0 Å². The van der Waals surface area contributed by atoms with Crippen LogP contribution in [0.1, 0.15) is 6.92 Å². The van der Waals surface area contributed by atoms with E-state index in [0.717, 1.165) is 22.3 Å². The molecule has 0 saturated carbocycles. The molecule has 0 aliphatic heterocycles. The molecule has 0 radical (unpaired) electrons. The molecule has 0 atom stereocenters. The molecule has 1 heterocycles. The van der Waals surface area contributed by atoms with Gasteiger partial charge in [0.2, 0.25) is 0 Å². The Morgan fingerprint density at radius 1 is 1.46 bits per heavy atom. The van der Waals surface area contributed by atoms with Crippen LogP contribution in [0.3, 0.4) is 0 Å². The Morgan fingerprint density at radius 2 is 2.31 bits per heavy atom. The van der Waals surface area contributed by atoms with Crippen molar-refractivity contribution in [2.75, 3.05) is 12.3 Å². The van der Waals surface area contributed by atoms with Gasteiger partial charge in [-0.1, -0.05) is 0 Å². The van der Waals surface area contributed by atoms with Gasteiger partial charge in [-0.3, -0.25) is 0 Å². The number of nitrogens with one attached hydrogen (secondary N) is 1. The third-order valence-corrected chi connectivity index (χ3v) is 1.97. The van der Waals surface area contributed by atoms with Crippen LogP contribution in [-0.2, 0) is 0 Å². The summed E-state index contributed by atoms with van der Waals surface area (Å²) in [4.78, 5) is 3.11. The average Bonchev–Trinajstić information content (AvgIpc) is 2.49. The molecule has 13 heavy (non-hydrogen) atoms. The van der Waals surface area contributed by atoms with E-state index in [-0.39, 0.29) is 0 Å². The number of fused-ring (bicyclic) bond motifs is 1. The van der Waals surface area contributed by atoms with Gasteiger partial charge >= 0.3 is 0 Å². The molecule has 3 nitrogen and oxygen atoms in total. The summed E-state index contributed by atoms with van der Waals surface area (Å²) in [6, 6.07) is 5.74. The number of benzene rings is 1. The molecule has 2 rings (SSSR count). The number of nitrogen functional groups attached to an aromatic ring is 1. The first-order chi connectivity index (χ1) is 6.31. The monoisotopic (exact) mass is 176 g/mol. The van der Waals surface area contributed by atoms with Crippen LogP contribution in [0.5, 0.6) is 5.75 Å². The van der Waals surface area contributed by atoms with Gasteiger partial charge in [-0.25, -0.2) is 0 Å². The van der Waals surface area contributed by atoms with Gasteiger partial charge < -0.3 is 15.5 Å². The lowest BCUT2D eigenvalue weighted by molar-refractivity contribution is 0.344. The molecule has 0 saturated heterocycles. The summed E-state index contributed by atoms with van der Waals surface area (Å²) in [6.45, 7) is 2.65. The summed E-state index contributed by atoms with van der Waals surface area (Å²) in [5.41, 5.74) is 7.42. The second kappa shape index (κ2) is 3.01. The quantitative estimate of drug-likeness (QED) is 0.689. The number of anilines is 1. The molecule has 0 amide bonds. The van der Waals surface area contributed by atoms with Gasteiger partial charge in [0.25, 0.3) is 0 Å². The maximum absolute atomic E-state index is 5.65. The highest BCUT2D eigenvalue weighted by Gasteiger charge is 2.02.